The molecule has 150 valence electrons. The van der Waals surface area contributed by atoms with E-state index < -0.39 is 6.04 Å². The molecule has 0 saturated heterocycles. The first-order valence-electron chi connectivity index (χ1n) is 9.09. The summed E-state index contributed by atoms with van der Waals surface area (Å²) < 4.78 is 11.9. The van der Waals surface area contributed by atoms with Gasteiger partial charge in [0.05, 0.1) is 11.6 Å². The van der Waals surface area contributed by atoms with E-state index in [9.17, 15) is 9.59 Å². The third-order valence-electron chi connectivity index (χ3n) is 4.01. The van der Waals surface area contributed by atoms with Crippen LogP contribution in [0.5, 0.6) is 11.5 Å². The molecule has 0 spiro atoms. The second-order valence-corrected chi connectivity index (χ2v) is 7.10. The number of hydrogen-bond donors (Lipinski definition) is 2. The monoisotopic (exact) mass is 448 g/mol. The van der Waals surface area contributed by atoms with Crippen molar-refractivity contribution in [2.45, 2.75) is 32.9 Å². The number of carbonyl (C=O) groups is 2. The summed E-state index contributed by atoms with van der Waals surface area (Å²) in [6.07, 6.45) is 0.834. The van der Waals surface area contributed by atoms with Crippen LogP contribution in [0.4, 0.5) is 0 Å². The molecule has 2 N–H and O–H groups in total. The molecule has 0 saturated carbocycles. The van der Waals surface area contributed by atoms with Gasteiger partial charge in [0.1, 0.15) is 12.6 Å². The van der Waals surface area contributed by atoms with E-state index in [-0.39, 0.29) is 11.8 Å². The number of benzene rings is 2. The summed E-state index contributed by atoms with van der Waals surface area (Å²) >= 11 is 3.45. The molecule has 0 unspecified atom stereocenters. The van der Waals surface area contributed by atoms with Gasteiger partial charge in [0.2, 0.25) is 5.91 Å². The summed E-state index contributed by atoms with van der Waals surface area (Å²) in [5.41, 5.74) is 1.39. The lowest BCUT2D eigenvalue weighted by molar-refractivity contribution is -0.122. The number of nitrogens with one attached hydrogen (secondary N) is 2. The summed E-state index contributed by atoms with van der Waals surface area (Å²) in [5.74, 6) is 0.354. The quantitative estimate of drug-likeness (QED) is 0.613. The van der Waals surface area contributed by atoms with E-state index in [2.05, 4.69) is 26.6 Å². The minimum Gasteiger partial charge on any atom is -0.493 e. The van der Waals surface area contributed by atoms with Crippen LogP contribution >= 0.6 is 15.9 Å². The molecule has 6 nitrogen and oxygen atoms in total. The van der Waals surface area contributed by atoms with Gasteiger partial charge in [0, 0.05) is 12.1 Å². The Balaban J connectivity index is 2.10. The predicted octanol–water partition coefficient (Wildman–Crippen LogP) is 3.68. The summed E-state index contributed by atoms with van der Waals surface area (Å²) in [4.78, 5) is 24.5. The van der Waals surface area contributed by atoms with Crippen molar-refractivity contribution in [1.82, 2.24) is 10.6 Å². The van der Waals surface area contributed by atoms with Crippen LogP contribution < -0.4 is 20.1 Å². The molecule has 2 amide bonds. The van der Waals surface area contributed by atoms with Gasteiger partial charge in [-0.3, -0.25) is 9.59 Å². The topological polar surface area (TPSA) is 76.7 Å². The summed E-state index contributed by atoms with van der Waals surface area (Å²) in [7, 11) is 1.51. The zero-order chi connectivity index (χ0) is 20.5. The Morgan fingerprint density at radius 3 is 2.54 bits per heavy atom. The molecule has 0 heterocycles. The lowest BCUT2D eigenvalue weighted by atomic mass is 10.1. The summed E-state index contributed by atoms with van der Waals surface area (Å²) in [5, 5.41) is 5.45. The number of halogens is 1. The zero-order valence-electron chi connectivity index (χ0n) is 16.3. The third kappa shape index (κ3) is 5.99. The molecular weight excluding hydrogens is 424 g/mol. The van der Waals surface area contributed by atoms with Crippen molar-refractivity contribution >= 4 is 27.7 Å². The van der Waals surface area contributed by atoms with E-state index in [4.69, 9.17) is 9.47 Å². The average Bonchev–Trinajstić information content (AvgIpc) is 2.71. The Kier molecular flexibility index (Phi) is 8.32. The fourth-order valence-electron chi connectivity index (χ4n) is 2.47. The highest BCUT2D eigenvalue weighted by atomic mass is 79.9. The molecule has 0 aliphatic rings. The van der Waals surface area contributed by atoms with Gasteiger partial charge in [-0.05, 0) is 47.0 Å². The van der Waals surface area contributed by atoms with Crippen LogP contribution in [0.2, 0.25) is 0 Å². The van der Waals surface area contributed by atoms with Gasteiger partial charge in [-0.2, -0.15) is 0 Å². The molecule has 2 aromatic carbocycles. The Morgan fingerprint density at radius 1 is 1.18 bits per heavy atom. The number of ether oxygens (including phenoxy) is 2. The van der Waals surface area contributed by atoms with Gasteiger partial charge in [0.15, 0.2) is 11.5 Å². The molecule has 0 aromatic heterocycles. The van der Waals surface area contributed by atoms with E-state index >= 15 is 0 Å². The molecule has 2 rings (SSSR count). The van der Waals surface area contributed by atoms with Crippen LogP contribution in [0.1, 0.15) is 36.2 Å². The first-order chi connectivity index (χ1) is 13.5. The second-order valence-electron chi connectivity index (χ2n) is 6.25. The molecule has 0 radical (unpaired) electrons. The molecular formula is C21H25BrN2O4. The van der Waals surface area contributed by atoms with Gasteiger partial charge in [0.25, 0.3) is 5.91 Å². The Hall–Kier alpha value is -2.54. The van der Waals surface area contributed by atoms with Crippen molar-refractivity contribution < 1.29 is 19.1 Å². The zero-order valence-corrected chi connectivity index (χ0v) is 17.8. The number of methoxy groups -OCH3 is 1. The molecule has 1 atom stereocenters. The molecule has 2 aromatic rings. The fraction of sp³-hybridized carbons (Fsp3) is 0.333. The highest BCUT2D eigenvalue weighted by Gasteiger charge is 2.19. The Morgan fingerprint density at radius 2 is 1.89 bits per heavy atom. The van der Waals surface area contributed by atoms with Crippen LogP contribution in [0.3, 0.4) is 0 Å². The average molecular weight is 449 g/mol. The van der Waals surface area contributed by atoms with Crippen LogP contribution in [0.25, 0.3) is 0 Å². The Labute approximate surface area is 173 Å². The van der Waals surface area contributed by atoms with Crippen LogP contribution in [-0.4, -0.2) is 31.5 Å². The van der Waals surface area contributed by atoms with Gasteiger partial charge in [-0.25, -0.2) is 0 Å². The van der Waals surface area contributed by atoms with Gasteiger partial charge in [-0.15, -0.1) is 0 Å². The van der Waals surface area contributed by atoms with E-state index in [1.807, 2.05) is 37.3 Å². The number of rotatable bonds is 9. The maximum Gasteiger partial charge on any atom is 0.252 e. The van der Waals surface area contributed by atoms with E-state index in [0.717, 1.165) is 12.0 Å². The lowest BCUT2D eigenvalue weighted by Crippen LogP contribution is -2.45. The molecule has 0 aliphatic carbocycles. The van der Waals surface area contributed by atoms with E-state index in [1.54, 1.807) is 19.1 Å². The SMILES string of the molecule is CCCNC(=O)[C@@H](C)NC(=O)c1cc(Br)c(OCc2ccccc2)c(OC)c1. The normalized spacial score (nSPS) is 11.4. The number of amides is 2. The summed E-state index contributed by atoms with van der Waals surface area (Å²) in [6, 6.07) is 12.4. The number of hydrogen-bond acceptors (Lipinski definition) is 4. The van der Waals surface area contributed by atoms with Crippen molar-refractivity contribution in [2.75, 3.05) is 13.7 Å². The smallest absolute Gasteiger partial charge is 0.252 e. The third-order valence-corrected chi connectivity index (χ3v) is 4.60. The molecule has 0 fully saturated rings. The van der Waals surface area contributed by atoms with Crippen molar-refractivity contribution in [1.29, 1.82) is 0 Å². The number of carbonyl (C=O) groups excluding carboxylic acids is 2. The van der Waals surface area contributed by atoms with Crippen molar-refractivity contribution in [3.05, 3.63) is 58.1 Å². The van der Waals surface area contributed by atoms with Crippen molar-refractivity contribution in [3.8, 4) is 11.5 Å². The van der Waals surface area contributed by atoms with Crippen LogP contribution in [0, 0.1) is 0 Å². The van der Waals surface area contributed by atoms with Crippen molar-refractivity contribution in [3.63, 3.8) is 0 Å². The lowest BCUT2D eigenvalue weighted by Gasteiger charge is -2.16. The molecule has 0 bridgehead atoms. The standard InChI is InChI=1S/C21H25BrN2O4/c1-4-10-23-20(25)14(2)24-21(26)16-11-17(22)19(18(12-16)27-3)28-13-15-8-6-5-7-9-15/h5-9,11-12,14H,4,10,13H2,1-3H3,(H,23,25)(H,24,26)/t14-/m1/s1. The van der Waals surface area contributed by atoms with Gasteiger partial charge < -0.3 is 20.1 Å². The van der Waals surface area contributed by atoms with E-state index in [0.29, 0.717) is 34.7 Å². The molecule has 28 heavy (non-hydrogen) atoms. The first-order valence-corrected chi connectivity index (χ1v) is 9.88. The van der Waals surface area contributed by atoms with Crippen LogP contribution in [0.15, 0.2) is 46.9 Å². The highest BCUT2D eigenvalue weighted by Crippen LogP contribution is 2.37. The summed E-state index contributed by atoms with van der Waals surface area (Å²) in [6.45, 7) is 4.56. The van der Waals surface area contributed by atoms with Crippen LogP contribution in [-0.2, 0) is 11.4 Å². The minimum atomic E-state index is -0.641. The maximum atomic E-state index is 12.5. The van der Waals surface area contributed by atoms with Crippen molar-refractivity contribution in [2.24, 2.45) is 0 Å². The molecule has 7 heteroatoms. The fourth-order valence-corrected chi connectivity index (χ4v) is 3.02. The van der Waals surface area contributed by atoms with Gasteiger partial charge >= 0.3 is 0 Å². The maximum absolute atomic E-state index is 12.5. The predicted molar refractivity (Wildman–Crippen MR) is 112 cm³/mol. The largest absolute Gasteiger partial charge is 0.493 e. The second kappa shape index (κ2) is 10.7. The highest BCUT2D eigenvalue weighted by molar-refractivity contribution is 9.10. The Bertz CT molecular complexity index is 812. The van der Waals surface area contributed by atoms with Gasteiger partial charge in [-0.1, -0.05) is 37.3 Å². The minimum absolute atomic E-state index is 0.218. The molecule has 0 aliphatic heterocycles. The van der Waals surface area contributed by atoms with E-state index in [1.165, 1.54) is 7.11 Å². The first kappa shape index (κ1) is 21.8.